The van der Waals surface area contributed by atoms with E-state index in [2.05, 4.69) is 16.0 Å². The highest BCUT2D eigenvalue weighted by Crippen LogP contribution is 2.60. The summed E-state index contributed by atoms with van der Waals surface area (Å²) in [6.45, 7) is 1.88. The van der Waals surface area contributed by atoms with Crippen LogP contribution in [0, 0.1) is 23.7 Å². The van der Waals surface area contributed by atoms with E-state index in [1.165, 1.54) is 55.6 Å². The summed E-state index contributed by atoms with van der Waals surface area (Å²) >= 11 is 1.50. The Hall–Kier alpha value is -2.41. The van der Waals surface area contributed by atoms with Gasteiger partial charge in [-0.25, -0.2) is 4.98 Å². The molecular formula is C26H29N3O3S. The molecule has 4 aliphatic carbocycles. The number of nitrogens with zero attached hydrogens (tertiary/aromatic N) is 1. The van der Waals surface area contributed by atoms with Crippen LogP contribution in [0.3, 0.4) is 0 Å². The van der Waals surface area contributed by atoms with Crippen molar-refractivity contribution < 1.29 is 14.3 Å². The minimum Gasteiger partial charge on any atom is -0.468 e. The van der Waals surface area contributed by atoms with Crippen molar-refractivity contribution in [2.45, 2.75) is 68.9 Å². The van der Waals surface area contributed by atoms with Crippen molar-refractivity contribution in [2.24, 2.45) is 23.7 Å². The lowest BCUT2D eigenvalue weighted by atomic mass is 9.49. The second kappa shape index (κ2) is 6.81. The van der Waals surface area contributed by atoms with Gasteiger partial charge in [0.05, 0.1) is 5.69 Å². The molecule has 4 saturated carbocycles. The van der Waals surface area contributed by atoms with Gasteiger partial charge >= 0.3 is 0 Å². The summed E-state index contributed by atoms with van der Waals surface area (Å²) in [5.41, 5.74) is 1.52. The number of benzene rings is 1. The van der Waals surface area contributed by atoms with Crippen molar-refractivity contribution in [3.8, 4) is 5.75 Å². The fraction of sp³-hybridized carbons (Fsp3) is 0.577. The van der Waals surface area contributed by atoms with Crippen LogP contribution < -0.4 is 15.4 Å². The average Bonchev–Trinajstić information content (AvgIpc) is 3.21. The number of hydrogen-bond acceptors (Lipinski definition) is 5. The van der Waals surface area contributed by atoms with Gasteiger partial charge < -0.3 is 15.4 Å². The number of nitrogens with one attached hydrogen (secondary N) is 2. The van der Waals surface area contributed by atoms with E-state index in [4.69, 9.17) is 9.72 Å². The first-order valence-corrected chi connectivity index (χ1v) is 13.1. The van der Waals surface area contributed by atoms with Crippen LogP contribution in [0.25, 0.3) is 0 Å². The third kappa shape index (κ3) is 3.07. The molecule has 1 aromatic carbocycles. The first-order valence-electron chi connectivity index (χ1n) is 12.3. The van der Waals surface area contributed by atoms with Crippen LogP contribution in [-0.4, -0.2) is 22.5 Å². The normalized spacial score (nSPS) is 40.0. The van der Waals surface area contributed by atoms with Crippen molar-refractivity contribution in [2.75, 3.05) is 5.32 Å². The van der Waals surface area contributed by atoms with Crippen molar-refractivity contribution >= 4 is 28.3 Å². The Balaban J connectivity index is 1.14. The van der Waals surface area contributed by atoms with Crippen molar-refractivity contribution in [1.29, 1.82) is 0 Å². The Labute approximate surface area is 197 Å². The van der Waals surface area contributed by atoms with Gasteiger partial charge in [0.15, 0.2) is 10.9 Å². The number of rotatable bonds is 3. The van der Waals surface area contributed by atoms with E-state index >= 15 is 0 Å². The molecule has 3 unspecified atom stereocenters. The SMILES string of the molecule is CC12CC(c3ccccc3O1)C(C(=O)Nc1nc(C34CC5CC(CC(C5)C3)C4)cs1)C(=O)N2. The lowest BCUT2D eigenvalue weighted by molar-refractivity contribution is -0.145. The van der Waals surface area contributed by atoms with E-state index in [9.17, 15) is 9.59 Å². The maximum absolute atomic E-state index is 13.4. The molecule has 2 aliphatic heterocycles. The van der Waals surface area contributed by atoms with E-state index in [0.717, 1.165) is 29.1 Å². The third-order valence-corrected chi connectivity index (χ3v) is 9.69. The number of aromatic nitrogens is 1. The number of carbonyl (C=O) groups excluding carboxylic acids is 2. The number of carbonyl (C=O) groups is 2. The predicted molar refractivity (Wildman–Crippen MR) is 125 cm³/mol. The first-order chi connectivity index (χ1) is 15.9. The molecule has 2 aromatic rings. The van der Waals surface area contributed by atoms with Crippen LogP contribution in [0.15, 0.2) is 29.6 Å². The third-order valence-electron chi connectivity index (χ3n) is 8.93. The molecule has 2 N–H and O–H groups in total. The van der Waals surface area contributed by atoms with Crippen molar-refractivity contribution in [3.63, 3.8) is 0 Å². The standard InChI is InChI=1S/C26H29N3O3S/c1-25-12-18(17-4-2-3-5-19(17)32-25)21(23(31)29-25)22(30)28-24-27-20(13-33-24)26-9-14-6-15(10-26)8-16(7-14)11-26/h2-5,13-16,18,21H,6-12H2,1H3,(H,29,31)(H,27,28,30). The van der Waals surface area contributed by atoms with Crippen LogP contribution >= 0.6 is 11.3 Å². The van der Waals surface area contributed by atoms with Crippen molar-refractivity contribution in [1.82, 2.24) is 10.3 Å². The average molecular weight is 464 g/mol. The molecule has 8 rings (SSSR count). The quantitative estimate of drug-likeness (QED) is 0.653. The zero-order valence-electron chi connectivity index (χ0n) is 18.8. The largest absolute Gasteiger partial charge is 0.468 e. The molecule has 6 nitrogen and oxygen atoms in total. The molecule has 3 atom stereocenters. The summed E-state index contributed by atoms with van der Waals surface area (Å²) in [6.07, 6.45) is 8.51. The number of para-hydroxylation sites is 1. The van der Waals surface area contributed by atoms with E-state index < -0.39 is 11.6 Å². The predicted octanol–water partition coefficient (Wildman–Crippen LogP) is 4.58. The van der Waals surface area contributed by atoms with Crippen LogP contribution in [0.2, 0.25) is 0 Å². The zero-order chi connectivity index (χ0) is 22.4. The molecule has 0 radical (unpaired) electrons. The van der Waals surface area contributed by atoms with Gasteiger partial charge in [0.2, 0.25) is 11.8 Å². The van der Waals surface area contributed by atoms with Gasteiger partial charge in [-0.3, -0.25) is 9.59 Å². The Bertz CT molecular complexity index is 1120. The number of anilines is 1. The highest BCUT2D eigenvalue weighted by Gasteiger charge is 2.53. The lowest BCUT2D eigenvalue weighted by Gasteiger charge is -2.56. The highest BCUT2D eigenvalue weighted by molar-refractivity contribution is 7.14. The Kier molecular flexibility index (Phi) is 4.13. The highest BCUT2D eigenvalue weighted by atomic mass is 32.1. The van der Waals surface area contributed by atoms with Gasteiger partial charge in [-0.1, -0.05) is 18.2 Å². The molecule has 172 valence electrons. The van der Waals surface area contributed by atoms with Gasteiger partial charge in [0, 0.05) is 23.1 Å². The van der Waals surface area contributed by atoms with Gasteiger partial charge in [-0.05, 0) is 74.8 Å². The van der Waals surface area contributed by atoms with Gasteiger partial charge in [0.1, 0.15) is 11.7 Å². The smallest absolute Gasteiger partial charge is 0.239 e. The molecule has 5 fully saturated rings. The monoisotopic (exact) mass is 463 g/mol. The van der Waals surface area contributed by atoms with Gasteiger partial charge in [-0.15, -0.1) is 11.3 Å². The van der Waals surface area contributed by atoms with Crippen LogP contribution in [0.4, 0.5) is 5.13 Å². The van der Waals surface area contributed by atoms with Crippen LogP contribution in [-0.2, 0) is 15.0 Å². The molecule has 6 aliphatic rings. The van der Waals surface area contributed by atoms with Gasteiger partial charge in [-0.2, -0.15) is 0 Å². The summed E-state index contributed by atoms with van der Waals surface area (Å²) in [5, 5.41) is 8.72. The Morgan fingerprint density at radius 2 is 1.82 bits per heavy atom. The van der Waals surface area contributed by atoms with E-state index in [-0.39, 0.29) is 23.1 Å². The minimum absolute atomic E-state index is 0.206. The van der Waals surface area contributed by atoms with E-state index in [1.807, 2.05) is 31.2 Å². The van der Waals surface area contributed by atoms with E-state index in [1.54, 1.807) is 0 Å². The second-order valence-electron chi connectivity index (χ2n) is 11.4. The molecule has 7 heteroatoms. The topological polar surface area (TPSA) is 80.3 Å². The maximum atomic E-state index is 13.4. The maximum Gasteiger partial charge on any atom is 0.239 e. The Morgan fingerprint density at radius 3 is 2.55 bits per heavy atom. The number of piperidine rings is 1. The number of thiazole rings is 1. The van der Waals surface area contributed by atoms with Crippen molar-refractivity contribution in [3.05, 3.63) is 40.9 Å². The number of hydrogen-bond donors (Lipinski definition) is 2. The fourth-order valence-corrected chi connectivity index (χ4v) is 8.91. The number of ether oxygens (including phenoxy) is 1. The van der Waals surface area contributed by atoms with Gasteiger partial charge in [0.25, 0.3) is 0 Å². The van der Waals surface area contributed by atoms with Crippen LogP contribution in [0.1, 0.15) is 69.0 Å². The number of fused-ring (bicyclic) bond motifs is 4. The molecular weight excluding hydrogens is 434 g/mol. The summed E-state index contributed by atoms with van der Waals surface area (Å²) in [6, 6.07) is 7.73. The van der Waals surface area contributed by atoms with Crippen LogP contribution in [0.5, 0.6) is 5.75 Å². The molecule has 1 aromatic heterocycles. The summed E-state index contributed by atoms with van der Waals surface area (Å²) < 4.78 is 6.05. The lowest BCUT2D eigenvalue weighted by Crippen LogP contribution is -2.62. The fourth-order valence-electron chi connectivity index (χ4n) is 8.07. The molecule has 6 bridgehead atoms. The molecule has 2 amide bonds. The second-order valence-corrected chi connectivity index (χ2v) is 12.2. The molecule has 1 saturated heterocycles. The summed E-state index contributed by atoms with van der Waals surface area (Å²) in [7, 11) is 0. The Morgan fingerprint density at radius 1 is 1.12 bits per heavy atom. The molecule has 0 spiro atoms. The number of amides is 2. The zero-order valence-corrected chi connectivity index (χ0v) is 19.6. The molecule has 3 heterocycles. The summed E-state index contributed by atoms with van der Waals surface area (Å²) in [4.78, 5) is 31.4. The minimum atomic E-state index is -0.796. The van der Waals surface area contributed by atoms with E-state index in [0.29, 0.717) is 11.6 Å². The molecule has 33 heavy (non-hydrogen) atoms. The summed E-state index contributed by atoms with van der Waals surface area (Å²) in [5.74, 6) is 1.74. The first kappa shape index (κ1) is 20.0.